The number of aliphatic imine (C=N–C) groups is 1. The number of benzene rings is 2. The molecule has 0 atom stereocenters. The molecule has 3 N–H and O–H groups in total. The summed E-state index contributed by atoms with van der Waals surface area (Å²) in [4.78, 5) is 16.4. The molecule has 2 rings (SSSR count). The first kappa shape index (κ1) is 23.7. The fourth-order valence-electron chi connectivity index (χ4n) is 2.63. The first-order valence-corrected chi connectivity index (χ1v) is 9.13. The quantitative estimate of drug-likeness (QED) is 0.298. The molecule has 0 aliphatic rings. The molecule has 152 valence electrons. The van der Waals surface area contributed by atoms with Gasteiger partial charge in [0.2, 0.25) is 5.91 Å². The van der Waals surface area contributed by atoms with Crippen LogP contribution in [0, 0.1) is 6.92 Å². The third-order valence-corrected chi connectivity index (χ3v) is 3.91. The number of anilines is 1. The van der Waals surface area contributed by atoms with E-state index in [4.69, 9.17) is 4.74 Å². The third-order valence-electron chi connectivity index (χ3n) is 3.91. The van der Waals surface area contributed by atoms with Crippen LogP contribution in [0.3, 0.4) is 0 Å². The Balaban J connectivity index is 0.00000392. The zero-order chi connectivity index (χ0) is 19.5. The number of hydrogen-bond acceptors (Lipinski definition) is 3. The van der Waals surface area contributed by atoms with E-state index in [2.05, 4.69) is 33.9 Å². The molecule has 0 radical (unpaired) electrons. The molecular weight excluding hydrogens is 467 g/mol. The SMILES string of the molecule is CCNC(=NCC(=O)Nc1ccccc1)NCCc1cc(C)ccc1OC.I. The normalized spacial score (nSPS) is 10.6. The number of guanidine groups is 1. The molecule has 0 bridgehead atoms. The van der Waals surface area contributed by atoms with Crippen LogP contribution < -0.4 is 20.7 Å². The number of rotatable bonds is 8. The second-order valence-electron chi connectivity index (χ2n) is 6.10. The molecule has 0 heterocycles. The molecule has 2 aromatic carbocycles. The average Bonchev–Trinajstić information content (AvgIpc) is 2.67. The van der Waals surface area contributed by atoms with E-state index in [1.54, 1.807) is 7.11 Å². The molecule has 0 unspecified atom stereocenters. The maximum absolute atomic E-state index is 12.0. The van der Waals surface area contributed by atoms with Crippen LogP contribution in [-0.2, 0) is 11.2 Å². The van der Waals surface area contributed by atoms with E-state index >= 15 is 0 Å². The average molecular weight is 496 g/mol. The molecule has 6 nitrogen and oxygen atoms in total. The van der Waals surface area contributed by atoms with E-state index in [0.717, 1.165) is 30.0 Å². The molecule has 0 saturated heterocycles. The van der Waals surface area contributed by atoms with Gasteiger partial charge in [0.05, 0.1) is 7.11 Å². The van der Waals surface area contributed by atoms with E-state index in [1.165, 1.54) is 5.56 Å². The second kappa shape index (κ2) is 13.0. The van der Waals surface area contributed by atoms with Crippen molar-refractivity contribution in [2.75, 3.05) is 32.1 Å². The van der Waals surface area contributed by atoms with Gasteiger partial charge in [0, 0.05) is 18.8 Å². The molecule has 0 saturated carbocycles. The van der Waals surface area contributed by atoms with Crippen molar-refractivity contribution in [2.45, 2.75) is 20.3 Å². The van der Waals surface area contributed by atoms with Crippen molar-refractivity contribution < 1.29 is 9.53 Å². The summed E-state index contributed by atoms with van der Waals surface area (Å²) in [7, 11) is 1.68. The Labute approximate surface area is 184 Å². The maximum Gasteiger partial charge on any atom is 0.246 e. The predicted molar refractivity (Wildman–Crippen MR) is 126 cm³/mol. The highest BCUT2D eigenvalue weighted by molar-refractivity contribution is 14.0. The summed E-state index contributed by atoms with van der Waals surface area (Å²) >= 11 is 0. The Morgan fingerprint density at radius 3 is 2.54 bits per heavy atom. The Hall–Kier alpha value is -2.29. The molecule has 2 aromatic rings. The summed E-state index contributed by atoms with van der Waals surface area (Å²) in [6.07, 6.45) is 0.797. The second-order valence-corrected chi connectivity index (χ2v) is 6.10. The molecular formula is C21H29IN4O2. The lowest BCUT2D eigenvalue weighted by atomic mass is 10.1. The molecule has 7 heteroatoms. The monoisotopic (exact) mass is 496 g/mol. The van der Waals surface area contributed by atoms with Crippen molar-refractivity contribution in [1.29, 1.82) is 0 Å². The number of halogens is 1. The topological polar surface area (TPSA) is 74.8 Å². The zero-order valence-electron chi connectivity index (χ0n) is 16.6. The van der Waals surface area contributed by atoms with Gasteiger partial charge in [0.15, 0.2) is 5.96 Å². The Morgan fingerprint density at radius 2 is 1.86 bits per heavy atom. The fourth-order valence-corrected chi connectivity index (χ4v) is 2.63. The molecule has 1 amide bonds. The van der Waals surface area contributed by atoms with Gasteiger partial charge in [-0.25, -0.2) is 4.99 Å². The summed E-state index contributed by atoms with van der Waals surface area (Å²) in [5.74, 6) is 1.35. The molecule has 0 aromatic heterocycles. The van der Waals surface area contributed by atoms with E-state index in [0.29, 0.717) is 12.5 Å². The summed E-state index contributed by atoms with van der Waals surface area (Å²) in [6, 6.07) is 15.5. The van der Waals surface area contributed by atoms with Gasteiger partial charge in [-0.1, -0.05) is 35.9 Å². The molecule has 28 heavy (non-hydrogen) atoms. The van der Waals surface area contributed by atoms with Crippen LogP contribution in [-0.4, -0.2) is 38.6 Å². The number of nitrogens with zero attached hydrogens (tertiary/aromatic N) is 1. The summed E-state index contributed by atoms with van der Waals surface area (Å²) < 4.78 is 5.41. The van der Waals surface area contributed by atoms with Crippen molar-refractivity contribution in [2.24, 2.45) is 4.99 Å². The van der Waals surface area contributed by atoms with Crippen molar-refractivity contribution in [3.63, 3.8) is 0 Å². The number of hydrogen-bond donors (Lipinski definition) is 3. The number of carbonyl (C=O) groups is 1. The minimum atomic E-state index is -0.154. The lowest BCUT2D eigenvalue weighted by molar-refractivity contribution is -0.114. The van der Waals surface area contributed by atoms with E-state index < -0.39 is 0 Å². The van der Waals surface area contributed by atoms with Crippen LogP contribution in [0.2, 0.25) is 0 Å². The van der Waals surface area contributed by atoms with E-state index in [1.807, 2.05) is 49.4 Å². The van der Waals surface area contributed by atoms with Gasteiger partial charge in [-0.05, 0) is 44.0 Å². The minimum absolute atomic E-state index is 0. The van der Waals surface area contributed by atoms with Gasteiger partial charge in [0.25, 0.3) is 0 Å². The Morgan fingerprint density at radius 1 is 1.11 bits per heavy atom. The number of aryl methyl sites for hydroxylation is 1. The number of methoxy groups -OCH3 is 1. The molecule has 0 aliphatic heterocycles. The van der Waals surface area contributed by atoms with Gasteiger partial charge in [-0.15, -0.1) is 24.0 Å². The number of carbonyl (C=O) groups excluding carboxylic acids is 1. The smallest absolute Gasteiger partial charge is 0.246 e. The molecule has 0 spiro atoms. The van der Waals surface area contributed by atoms with Crippen LogP contribution in [0.1, 0.15) is 18.1 Å². The number of nitrogens with one attached hydrogen (secondary N) is 3. The van der Waals surface area contributed by atoms with Gasteiger partial charge >= 0.3 is 0 Å². The standard InChI is InChI=1S/C21H28N4O2.HI/c1-4-22-21(24-15-20(26)25-18-8-6-5-7-9-18)23-13-12-17-14-16(2)10-11-19(17)27-3;/h5-11,14H,4,12-13,15H2,1-3H3,(H,25,26)(H2,22,23,24);1H. The van der Waals surface area contributed by atoms with E-state index in [-0.39, 0.29) is 36.4 Å². The summed E-state index contributed by atoms with van der Waals surface area (Å²) in [6.45, 7) is 5.52. The molecule has 0 fully saturated rings. The highest BCUT2D eigenvalue weighted by atomic mass is 127. The van der Waals surface area contributed by atoms with Gasteiger partial charge in [0.1, 0.15) is 12.3 Å². The number of amides is 1. The Bertz CT molecular complexity index is 766. The number of para-hydroxylation sites is 1. The predicted octanol–water partition coefficient (Wildman–Crippen LogP) is 3.36. The van der Waals surface area contributed by atoms with Crippen LogP contribution in [0.25, 0.3) is 0 Å². The lowest BCUT2D eigenvalue weighted by Gasteiger charge is -2.13. The van der Waals surface area contributed by atoms with Crippen LogP contribution in [0.5, 0.6) is 5.75 Å². The zero-order valence-corrected chi connectivity index (χ0v) is 18.9. The van der Waals surface area contributed by atoms with Crippen LogP contribution in [0.15, 0.2) is 53.5 Å². The summed E-state index contributed by atoms with van der Waals surface area (Å²) in [5.41, 5.74) is 3.11. The number of ether oxygens (including phenoxy) is 1. The maximum atomic E-state index is 12.0. The van der Waals surface area contributed by atoms with Crippen molar-refractivity contribution >= 4 is 41.5 Å². The van der Waals surface area contributed by atoms with E-state index in [9.17, 15) is 4.79 Å². The van der Waals surface area contributed by atoms with Crippen molar-refractivity contribution in [1.82, 2.24) is 10.6 Å². The lowest BCUT2D eigenvalue weighted by Crippen LogP contribution is -2.39. The van der Waals surface area contributed by atoms with Gasteiger partial charge < -0.3 is 20.7 Å². The van der Waals surface area contributed by atoms with Gasteiger partial charge in [-0.2, -0.15) is 0 Å². The van der Waals surface area contributed by atoms with Crippen LogP contribution in [0.4, 0.5) is 5.69 Å². The van der Waals surface area contributed by atoms with Crippen molar-refractivity contribution in [3.8, 4) is 5.75 Å². The third kappa shape index (κ3) is 8.16. The Kier molecular flexibility index (Phi) is 11.0. The first-order valence-electron chi connectivity index (χ1n) is 9.13. The summed E-state index contributed by atoms with van der Waals surface area (Å²) in [5, 5.41) is 9.24. The molecule has 0 aliphatic carbocycles. The highest BCUT2D eigenvalue weighted by Crippen LogP contribution is 2.19. The van der Waals surface area contributed by atoms with Gasteiger partial charge in [-0.3, -0.25) is 4.79 Å². The largest absolute Gasteiger partial charge is 0.496 e. The minimum Gasteiger partial charge on any atom is -0.496 e. The first-order chi connectivity index (χ1) is 13.1. The fraction of sp³-hybridized carbons (Fsp3) is 0.333. The highest BCUT2D eigenvalue weighted by Gasteiger charge is 2.05. The van der Waals surface area contributed by atoms with Crippen molar-refractivity contribution in [3.05, 3.63) is 59.7 Å². The van der Waals surface area contributed by atoms with Crippen LogP contribution >= 0.6 is 24.0 Å².